The molecule has 1 heterocycles. The number of hydrogen-bond donors (Lipinski definition) is 0. The lowest BCUT2D eigenvalue weighted by Gasteiger charge is -2.08. The molecule has 0 aliphatic carbocycles. The van der Waals surface area contributed by atoms with E-state index in [-0.39, 0.29) is 23.5 Å². The lowest BCUT2D eigenvalue weighted by molar-refractivity contribution is -0.389. The summed E-state index contributed by atoms with van der Waals surface area (Å²) in [6, 6.07) is 2.96. The van der Waals surface area contributed by atoms with Crippen LogP contribution in [0.1, 0.15) is 13.3 Å². The van der Waals surface area contributed by atoms with Crippen molar-refractivity contribution >= 4 is 23.5 Å². The van der Waals surface area contributed by atoms with Gasteiger partial charge in [-0.25, -0.2) is 0 Å². The van der Waals surface area contributed by atoms with Crippen LogP contribution in [0.3, 0.4) is 0 Å². The van der Waals surface area contributed by atoms with Gasteiger partial charge in [0.1, 0.15) is 0 Å². The number of rotatable bonds is 5. The second-order valence-electron chi connectivity index (χ2n) is 3.32. The molecule has 7 heteroatoms. The third-order valence-electron chi connectivity index (χ3n) is 1.93. The highest BCUT2D eigenvalue weighted by Crippen LogP contribution is 2.25. The Morgan fingerprint density at radius 3 is 2.82 bits per heavy atom. The Morgan fingerprint density at radius 2 is 2.35 bits per heavy atom. The van der Waals surface area contributed by atoms with Gasteiger partial charge in [-0.1, -0.05) is 6.92 Å². The molecule has 17 heavy (non-hydrogen) atoms. The first-order valence-corrected chi connectivity index (χ1v) is 5.75. The summed E-state index contributed by atoms with van der Waals surface area (Å²) in [4.78, 5) is 25.3. The van der Waals surface area contributed by atoms with Crippen LogP contribution in [-0.2, 0) is 9.53 Å². The van der Waals surface area contributed by atoms with Crippen molar-refractivity contribution in [2.24, 2.45) is 0 Å². The number of esters is 1. The third kappa shape index (κ3) is 4.39. The molecule has 0 spiro atoms. The summed E-state index contributed by atoms with van der Waals surface area (Å²) in [5.41, 5.74) is 0. The number of hydrogen-bond acceptors (Lipinski definition) is 6. The van der Waals surface area contributed by atoms with Crippen molar-refractivity contribution in [3.63, 3.8) is 0 Å². The minimum Gasteiger partial charge on any atom is -0.469 e. The molecule has 6 nitrogen and oxygen atoms in total. The first kappa shape index (κ1) is 13.4. The van der Waals surface area contributed by atoms with E-state index in [0.29, 0.717) is 0 Å². The second kappa shape index (κ2) is 6.19. The monoisotopic (exact) mass is 256 g/mol. The van der Waals surface area contributed by atoms with Crippen LogP contribution in [-0.4, -0.2) is 28.2 Å². The molecule has 1 atom stereocenters. The van der Waals surface area contributed by atoms with E-state index >= 15 is 0 Å². The number of nitro groups is 1. The van der Waals surface area contributed by atoms with Crippen molar-refractivity contribution in [2.75, 3.05) is 7.11 Å². The average Bonchev–Trinajstić information content (AvgIpc) is 2.29. The summed E-state index contributed by atoms with van der Waals surface area (Å²) in [6.07, 6.45) is 1.72. The van der Waals surface area contributed by atoms with E-state index in [1.807, 2.05) is 6.92 Å². The van der Waals surface area contributed by atoms with Crippen molar-refractivity contribution in [1.29, 1.82) is 0 Å². The summed E-state index contributed by atoms with van der Waals surface area (Å²) < 4.78 is 4.55. The van der Waals surface area contributed by atoms with Crippen LogP contribution < -0.4 is 0 Å². The van der Waals surface area contributed by atoms with Gasteiger partial charge in [-0.3, -0.25) is 4.79 Å². The predicted octanol–water partition coefficient (Wildman–Crippen LogP) is 2.03. The zero-order valence-corrected chi connectivity index (χ0v) is 10.3. The highest BCUT2D eigenvalue weighted by molar-refractivity contribution is 8.00. The van der Waals surface area contributed by atoms with E-state index in [1.165, 1.54) is 31.1 Å². The molecular weight excluding hydrogens is 244 g/mol. The van der Waals surface area contributed by atoms with Crippen LogP contribution in [0.5, 0.6) is 0 Å². The van der Waals surface area contributed by atoms with Gasteiger partial charge in [0.25, 0.3) is 0 Å². The molecule has 0 saturated carbocycles. The number of aromatic nitrogens is 1. The molecule has 1 unspecified atom stereocenters. The number of carbonyl (C=O) groups is 1. The van der Waals surface area contributed by atoms with Gasteiger partial charge in [-0.2, -0.15) is 0 Å². The van der Waals surface area contributed by atoms with Crippen LogP contribution in [0.2, 0.25) is 0 Å². The maximum Gasteiger partial charge on any atom is 0.363 e. The first-order chi connectivity index (χ1) is 8.02. The fourth-order valence-corrected chi connectivity index (χ4v) is 2.09. The Labute approximate surface area is 103 Å². The van der Waals surface area contributed by atoms with E-state index in [1.54, 1.807) is 6.07 Å². The first-order valence-electron chi connectivity index (χ1n) is 4.87. The summed E-state index contributed by atoms with van der Waals surface area (Å²) in [6.45, 7) is 1.88. The van der Waals surface area contributed by atoms with Crippen LogP contribution in [0, 0.1) is 10.1 Å². The van der Waals surface area contributed by atoms with E-state index in [9.17, 15) is 14.9 Å². The maximum atomic E-state index is 11.0. The number of pyridine rings is 1. The van der Waals surface area contributed by atoms with Gasteiger partial charge in [-0.15, -0.1) is 11.8 Å². The molecular formula is C10H12N2O4S. The number of nitrogens with zero attached hydrogens (tertiary/aromatic N) is 2. The lowest BCUT2D eigenvalue weighted by Crippen LogP contribution is -2.08. The van der Waals surface area contributed by atoms with Gasteiger partial charge < -0.3 is 14.9 Å². The van der Waals surface area contributed by atoms with Crippen molar-refractivity contribution in [2.45, 2.75) is 23.5 Å². The van der Waals surface area contributed by atoms with Crippen molar-refractivity contribution in [1.82, 2.24) is 4.98 Å². The standard InChI is InChI=1S/C10H12N2O4S/c1-7(5-10(13)16-2)17-8-3-4-9(11-6-8)12(14)15/h3-4,6-7H,5H2,1-2H3. The highest BCUT2D eigenvalue weighted by atomic mass is 32.2. The van der Waals surface area contributed by atoms with Gasteiger partial charge in [0.2, 0.25) is 0 Å². The Balaban J connectivity index is 2.57. The highest BCUT2D eigenvalue weighted by Gasteiger charge is 2.13. The van der Waals surface area contributed by atoms with Crippen LogP contribution in [0.4, 0.5) is 5.82 Å². The molecule has 0 aliphatic rings. The fourth-order valence-electron chi connectivity index (χ4n) is 1.14. The Bertz CT molecular complexity index is 407. The topological polar surface area (TPSA) is 82.3 Å². The SMILES string of the molecule is COC(=O)CC(C)Sc1ccc([N+](=O)[O-])nc1. The van der Waals surface area contributed by atoms with Crippen molar-refractivity contribution < 1.29 is 14.5 Å². The van der Waals surface area contributed by atoms with Gasteiger partial charge in [0.05, 0.1) is 18.4 Å². The molecule has 0 aromatic carbocycles. The molecule has 0 N–H and O–H groups in total. The molecule has 1 aromatic heterocycles. The van der Waals surface area contributed by atoms with E-state index in [2.05, 4.69) is 9.72 Å². The number of ether oxygens (including phenoxy) is 1. The minimum atomic E-state index is -0.549. The molecule has 0 aliphatic heterocycles. The van der Waals surface area contributed by atoms with Crippen molar-refractivity contribution in [3.05, 3.63) is 28.4 Å². The molecule has 0 amide bonds. The summed E-state index contributed by atoms with van der Waals surface area (Å²) in [5, 5.41) is 10.4. The summed E-state index contributed by atoms with van der Waals surface area (Å²) >= 11 is 1.42. The molecule has 0 bridgehead atoms. The Hall–Kier alpha value is -1.63. The molecule has 1 rings (SSSR count). The number of methoxy groups -OCH3 is 1. The maximum absolute atomic E-state index is 11.0. The van der Waals surface area contributed by atoms with E-state index in [0.717, 1.165) is 4.90 Å². The molecule has 0 saturated heterocycles. The number of thioether (sulfide) groups is 1. The predicted molar refractivity (Wildman–Crippen MR) is 62.8 cm³/mol. The zero-order chi connectivity index (χ0) is 12.8. The molecule has 0 radical (unpaired) electrons. The normalized spacial score (nSPS) is 11.9. The molecule has 92 valence electrons. The van der Waals surface area contributed by atoms with Crippen LogP contribution in [0.25, 0.3) is 0 Å². The van der Waals surface area contributed by atoms with Gasteiger partial charge in [0, 0.05) is 11.3 Å². The fraction of sp³-hybridized carbons (Fsp3) is 0.400. The van der Waals surface area contributed by atoms with Gasteiger partial charge in [-0.05, 0) is 16.0 Å². The minimum absolute atomic E-state index is 0.0331. The van der Waals surface area contributed by atoms with E-state index in [4.69, 9.17) is 0 Å². The zero-order valence-electron chi connectivity index (χ0n) is 9.45. The largest absolute Gasteiger partial charge is 0.469 e. The molecule has 1 aromatic rings. The average molecular weight is 256 g/mol. The Morgan fingerprint density at radius 1 is 1.65 bits per heavy atom. The van der Waals surface area contributed by atoms with Crippen molar-refractivity contribution in [3.8, 4) is 0 Å². The van der Waals surface area contributed by atoms with Crippen LogP contribution >= 0.6 is 11.8 Å². The van der Waals surface area contributed by atoms with Gasteiger partial charge in [0.15, 0.2) is 6.20 Å². The van der Waals surface area contributed by atoms with Gasteiger partial charge >= 0.3 is 11.8 Å². The number of carbonyl (C=O) groups excluding carboxylic acids is 1. The Kier molecular flexibility index (Phi) is 4.89. The summed E-state index contributed by atoms with van der Waals surface area (Å²) in [5.74, 6) is -0.463. The lowest BCUT2D eigenvalue weighted by atomic mass is 10.3. The summed E-state index contributed by atoms with van der Waals surface area (Å²) in [7, 11) is 1.34. The van der Waals surface area contributed by atoms with Crippen LogP contribution in [0.15, 0.2) is 23.2 Å². The smallest absolute Gasteiger partial charge is 0.363 e. The molecule has 0 fully saturated rings. The second-order valence-corrected chi connectivity index (χ2v) is 4.83. The quantitative estimate of drug-likeness (QED) is 0.347. The third-order valence-corrected chi connectivity index (χ3v) is 3.01. The van der Waals surface area contributed by atoms with E-state index < -0.39 is 4.92 Å².